The highest BCUT2D eigenvalue weighted by Crippen LogP contribution is 2.23. The summed E-state index contributed by atoms with van der Waals surface area (Å²) in [5.41, 5.74) is 2.23. The molecule has 2 aromatic carbocycles. The monoisotopic (exact) mass is 495 g/mol. The third kappa shape index (κ3) is 6.06. The minimum Gasteiger partial charge on any atom is -0.357 e. The van der Waals surface area contributed by atoms with Crippen LogP contribution in [0.4, 0.5) is 5.69 Å². The number of carbonyl (C=O) groups excluding carboxylic acids is 2. The van der Waals surface area contributed by atoms with Crippen LogP contribution < -0.4 is 9.62 Å². The Morgan fingerprint density at radius 2 is 1.80 bits per heavy atom. The van der Waals surface area contributed by atoms with Crippen molar-refractivity contribution in [1.29, 1.82) is 0 Å². The number of anilines is 1. The molecule has 9 heteroatoms. The summed E-state index contributed by atoms with van der Waals surface area (Å²) in [4.78, 5) is 27.0. The highest BCUT2D eigenvalue weighted by Gasteiger charge is 2.29. The van der Waals surface area contributed by atoms with Gasteiger partial charge in [0.2, 0.25) is 21.8 Å². The molecule has 2 amide bonds. The number of benzene rings is 2. The molecule has 2 rings (SSSR count). The molecule has 7 nitrogen and oxygen atoms in total. The molecule has 1 N–H and O–H groups in total. The molecule has 0 fully saturated rings. The Hall–Kier alpha value is -2.39. The van der Waals surface area contributed by atoms with Crippen LogP contribution >= 0.6 is 15.9 Å². The maximum atomic E-state index is 13.3. The highest BCUT2D eigenvalue weighted by molar-refractivity contribution is 9.10. The van der Waals surface area contributed by atoms with Gasteiger partial charge in [-0.3, -0.25) is 13.9 Å². The topological polar surface area (TPSA) is 86.8 Å². The zero-order valence-electron chi connectivity index (χ0n) is 17.4. The van der Waals surface area contributed by atoms with Crippen LogP contribution in [0, 0.1) is 6.92 Å². The van der Waals surface area contributed by atoms with Gasteiger partial charge in [0.15, 0.2) is 0 Å². The van der Waals surface area contributed by atoms with Crippen LogP contribution in [0.2, 0.25) is 0 Å². The van der Waals surface area contributed by atoms with Crippen molar-refractivity contribution in [2.75, 3.05) is 24.2 Å². The van der Waals surface area contributed by atoms with Crippen LogP contribution in [-0.4, -0.2) is 51.0 Å². The first-order chi connectivity index (χ1) is 14.0. The van der Waals surface area contributed by atoms with E-state index in [1.807, 2.05) is 31.2 Å². The molecule has 0 saturated carbocycles. The molecule has 0 radical (unpaired) electrons. The largest absolute Gasteiger partial charge is 0.357 e. The first-order valence-corrected chi connectivity index (χ1v) is 12.0. The van der Waals surface area contributed by atoms with Gasteiger partial charge in [-0.1, -0.05) is 46.3 Å². The summed E-state index contributed by atoms with van der Waals surface area (Å²) in [5.74, 6) is -0.801. The normalized spacial score (nSPS) is 12.2. The summed E-state index contributed by atoms with van der Waals surface area (Å²) < 4.78 is 26.6. The van der Waals surface area contributed by atoms with Crippen LogP contribution in [0.5, 0.6) is 0 Å². The van der Waals surface area contributed by atoms with Gasteiger partial charge < -0.3 is 10.2 Å². The van der Waals surface area contributed by atoms with Gasteiger partial charge in [0.25, 0.3) is 0 Å². The van der Waals surface area contributed by atoms with Gasteiger partial charge in [-0.15, -0.1) is 0 Å². The summed E-state index contributed by atoms with van der Waals surface area (Å²) in [6.45, 7) is 3.32. The van der Waals surface area contributed by atoms with Gasteiger partial charge in [0, 0.05) is 18.1 Å². The lowest BCUT2D eigenvalue weighted by atomic mass is 10.1. The van der Waals surface area contributed by atoms with Crippen LogP contribution in [0.15, 0.2) is 53.0 Å². The Labute approximate surface area is 186 Å². The van der Waals surface area contributed by atoms with E-state index in [0.29, 0.717) is 10.2 Å². The van der Waals surface area contributed by atoms with E-state index in [4.69, 9.17) is 0 Å². The number of nitrogens with zero attached hydrogens (tertiary/aromatic N) is 2. The summed E-state index contributed by atoms with van der Waals surface area (Å²) >= 11 is 3.33. The second kappa shape index (κ2) is 10.1. The lowest BCUT2D eigenvalue weighted by Crippen LogP contribution is -2.50. The van der Waals surface area contributed by atoms with E-state index < -0.39 is 28.5 Å². The zero-order valence-corrected chi connectivity index (χ0v) is 19.8. The molecular weight excluding hydrogens is 470 g/mol. The first-order valence-electron chi connectivity index (χ1n) is 9.33. The average Bonchev–Trinajstić information content (AvgIpc) is 2.69. The Bertz CT molecular complexity index is 1030. The van der Waals surface area contributed by atoms with Gasteiger partial charge in [0.1, 0.15) is 12.6 Å². The third-order valence-electron chi connectivity index (χ3n) is 4.79. The molecule has 0 spiro atoms. The fourth-order valence-electron chi connectivity index (χ4n) is 3.01. The van der Waals surface area contributed by atoms with E-state index in [-0.39, 0.29) is 12.5 Å². The van der Waals surface area contributed by atoms with E-state index in [1.54, 1.807) is 31.2 Å². The number of hydrogen-bond acceptors (Lipinski definition) is 4. The number of aryl methyl sites for hydroxylation is 1. The number of sulfonamides is 1. The van der Waals surface area contributed by atoms with Crippen molar-refractivity contribution >= 4 is 43.5 Å². The number of likely N-dealkylation sites (N-methyl/N-ethyl adjacent to an activating group) is 1. The van der Waals surface area contributed by atoms with E-state index >= 15 is 0 Å². The average molecular weight is 496 g/mol. The van der Waals surface area contributed by atoms with Gasteiger partial charge in [-0.25, -0.2) is 8.42 Å². The molecule has 0 aliphatic carbocycles. The molecule has 0 bridgehead atoms. The van der Waals surface area contributed by atoms with Crippen LogP contribution in [0.25, 0.3) is 0 Å². The number of carbonyl (C=O) groups is 2. The van der Waals surface area contributed by atoms with Crippen molar-refractivity contribution in [2.24, 2.45) is 0 Å². The summed E-state index contributed by atoms with van der Waals surface area (Å²) in [6, 6.07) is 13.5. The van der Waals surface area contributed by atoms with Gasteiger partial charge in [-0.2, -0.15) is 0 Å². The number of nitrogens with one attached hydrogen (secondary N) is 1. The van der Waals surface area contributed by atoms with Gasteiger partial charge >= 0.3 is 0 Å². The smallest absolute Gasteiger partial charge is 0.244 e. The second-order valence-electron chi connectivity index (χ2n) is 6.99. The quantitative estimate of drug-likeness (QED) is 0.609. The molecule has 30 heavy (non-hydrogen) atoms. The maximum absolute atomic E-state index is 13.3. The van der Waals surface area contributed by atoms with Crippen molar-refractivity contribution in [1.82, 2.24) is 10.2 Å². The van der Waals surface area contributed by atoms with E-state index in [9.17, 15) is 18.0 Å². The van der Waals surface area contributed by atoms with Crippen molar-refractivity contribution in [3.63, 3.8) is 0 Å². The molecule has 0 aliphatic rings. The minimum atomic E-state index is -3.73. The molecule has 1 atom stereocenters. The number of hydrogen-bond donors (Lipinski definition) is 1. The van der Waals surface area contributed by atoms with E-state index in [2.05, 4.69) is 21.2 Å². The van der Waals surface area contributed by atoms with Crippen molar-refractivity contribution < 1.29 is 18.0 Å². The van der Waals surface area contributed by atoms with Crippen LogP contribution in [0.3, 0.4) is 0 Å². The summed E-state index contributed by atoms with van der Waals surface area (Å²) in [5, 5.41) is 2.55. The van der Waals surface area contributed by atoms with Crippen molar-refractivity contribution in [3.8, 4) is 0 Å². The predicted octanol–water partition coefficient (Wildman–Crippen LogP) is 2.69. The Morgan fingerprint density at radius 1 is 1.13 bits per heavy atom. The summed E-state index contributed by atoms with van der Waals surface area (Å²) in [6.07, 6.45) is 1.05. The van der Waals surface area contributed by atoms with Crippen LogP contribution in [-0.2, 0) is 26.2 Å². The van der Waals surface area contributed by atoms with E-state index in [1.165, 1.54) is 11.9 Å². The van der Waals surface area contributed by atoms with Gasteiger partial charge in [-0.05, 0) is 43.2 Å². The fraction of sp³-hybridized carbons (Fsp3) is 0.333. The Balaban J connectivity index is 2.40. The fourth-order valence-corrected chi connectivity index (χ4v) is 4.24. The predicted molar refractivity (Wildman–Crippen MR) is 122 cm³/mol. The van der Waals surface area contributed by atoms with E-state index in [0.717, 1.165) is 21.7 Å². The van der Waals surface area contributed by atoms with Crippen molar-refractivity contribution in [3.05, 3.63) is 64.1 Å². The zero-order chi connectivity index (χ0) is 22.5. The Morgan fingerprint density at radius 3 is 2.37 bits per heavy atom. The molecule has 162 valence electrons. The van der Waals surface area contributed by atoms with Gasteiger partial charge in [0.05, 0.1) is 11.9 Å². The molecule has 0 heterocycles. The Kier molecular flexibility index (Phi) is 8.03. The molecule has 0 unspecified atom stereocenters. The van der Waals surface area contributed by atoms with Crippen molar-refractivity contribution in [2.45, 2.75) is 26.4 Å². The highest BCUT2D eigenvalue weighted by atomic mass is 79.9. The number of amides is 2. The number of halogens is 1. The lowest BCUT2D eigenvalue weighted by Gasteiger charge is -2.31. The minimum absolute atomic E-state index is 0.191. The molecule has 2 aromatic rings. The van der Waals surface area contributed by atoms with Crippen LogP contribution in [0.1, 0.15) is 18.1 Å². The standard InChI is InChI=1S/C21H26BrN3O4S/c1-15-8-5-6-9-17(15)13-24(16(2)21(27)23-3)20(26)14-25(30(4,28)29)19-11-7-10-18(22)12-19/h5-12,16H,13-14H2,1-4H3,(H,23,27)/t16-/m1/s1. The second-order valence-corrected chi connectivity index (χ2v) is 9.81. The summed E-state index contributed by atoms with van der Waals surface area (Å²) in [7, 11) is -2.23. The SMILES string of the molecule is CNC(=O)[C@@H](C)N(Cc1ccccc1C)C(=O)CN(c1cccc(Br)c1)S(C)(=O)=O. The number of rotatable bonds is 8. The first kappa shape index (κ1) is 23.9. The molecule has 0 saturated heterocycles. The molecular formula is C21H26BrN3O4S. The maximum Gasteiger partial charge on any atom is 0.244 e. The third-order valence-corrected chi connectivity index (χ3v) is 6.42. The molecule has 0 aliphatic heterocycles. The lowest BCUT2D eigenvalue weighted by molar-refractivity contribution is -0.139. The molecule has 0 aromatic heterocycles.